The summed E-state index contributed by atoms with van der Waals surface area (Å²) >= 11 is 0. The van der Waals surface area contributed by atoms with Crippen LogP contribution < -0.4 is 4.74 Å². The third-order valence-corrected chi connectivity index (χ3v) is 8.27. The first kappa shape index (κ1) is 24.3. The molecule has 7 nitrogen and oxygen atoms in total. The van der Waals surface area contributed by atoms with Crippen LogP contribution in [0.15, 0.2) is 41.6 Å². The summed E-state index contributed by atoms with van der Waals surface area (Å²) < 4.78 is 18.1. The predicted molar refractivity (Wildman–Crippen MR) is 127 cm³/mol. The number of carbonyl (C=O) groups excluding carboxylic acids is 1. The molecular formula is C24H35N3O4S. The fraction of sp³-hybridized carbons (Fsp3) is 0.542. The number of likely N-dealkylation sites (tertiary alicyclic amines) is 1. The zero-order valence-electron chi connectivity index (χ0n) is 19.2. The van der Waals surface area contributed by atoms with Gasteiger partial charge in [0.25, 0.3) is 0 Å². The van der Waals surface area contributed by atoms with E-state index in [4.69, 9.17) is 4.74 Å². The van der Waals surface area contributed by atoms with Crippen molar-refractivity contribution in [1.82, 2.24) is 14.9 Å². The van der Waals surface area contributed by atoms with E-state index in [1.54, 1.807) is 30.8 Å². The second-order valence-corrected chi connectivity index (χ2v) is 11.6. The maximum Gasteiger partial charge on any atom is 0.232 e. The first-order valence-corrected chi connectivity index (χ1v) is 13.7. The van der Waals surface area contributed by atoms with Crippen LogP contribution in [-0.2, 0) is 14.7 Å². The summed E-state index contributed by atoms with van der Waals surface area (Å²) in [6.45, 7) is 6.32. The molecule has 0 atom stereocenters. The Morgan fingerprint density at radius 3 is 2.34 bits per heavy atom. The molecule has 2 aromatic rings. The van der Waals surface area contributed by atoms with Gasteiger partial charge in [0.15, 0.2) is 0 Å². The van der Waals surface area contributed by atoms with E-state index < -0.39 is 9.93 Å². The standard InChI is InChI=1S/C24H35N3O4S/c1-4-19(5-2)24(29)27-12-10-18(11-13-27)16-31-23-15-25-22(14-26-23)20-6-8-21(9-7-20)32(3,30)17-28/h6-9,14-15,18-19,28,32H,4-5,10-13,16-17H2,1-3H3. The third kappa shape index (κ3) is 5.92. The van der Waals surface area contributed by atoms with Crippen LogP contribution >= 0.6 is 0 Å². The van der Waals surface area contributed by atoms with Crippen molar-refractivity contribution >= 4 is 15.8 Å². The summed E-state index contributed by atoms with van der Waals surface area (Å²) in [7, 11) is -2.71. The van der Waals surface area contributed by atoms with Crippen LogP contribution in [0.1, 0.15) is 39.5 Å². The zero-order chi connectivity index (χ0) is 23.1. The van der Waals surface area contributed by atoms with Gasteiger partial charge in [-0.3, -0.25) is 9.00 Å². The number of aliphatic hydroxyl groups is 1. The lowest BCUT2D eigenvalue weighted by Gasteiger charge is -2.33. The van der Waals surface area contributed by atoms with Gasteiger partial charge in [0.1, 0.15) is 0 Å². The number of piperidine rings is 1. The SMILES string of the molecule is CCC(CC)C(=O)N1CCC(COc2cnc(-c3ccc([SH](C)(=O)CO)cc3)cn2)CC1. The highest BCUT2D eigenvalue weighted by Gasteiger charge is 2.26. The number of rotatable bonds is 9. The van der Waals surface area contributed by atoms with Crippen molar-refractivity contribution in [3.63, 3.8) is 0 Å². The van der Waals surface area contributed by atoms with E-state index in [1.807, 2.05) is 17.0 Å². The van der Waals surface area contributed by atoms with Crippen LogP contribution in [0.5, 0.6) is 5.88 Å². The lowest BCUT2D eigenvalue weighted by atomic mass is 9.95. The Hall–Kier alpha value is -2.32. The van der Waals surface area contributed by atoms with Gasteiger partial charge in [0.05, 0.1) is 30.6 Å². The first-order chi connectivity index (χ1) is 15.4. The summed E-state index contributed by atoms with van der Waals surface area (Å²) in [5.41, 5.74) is 1.56. The molecule has 1 aromatic carbocycles. The van der Waals surface area contributed by atoms with Crippen LogP contribution in [0.25, 0.3) is 11.3 Å². The fourth-order valence-electron chi connectivity index (χ4n) is 3.99. The van der Waals surface area contributed by atoms with Crippen molar-refractivity contribution in [2.24, 2.45) is 11.8 Å². The van der Waals surface area contributed by atoms with Crippen molar-refractivity contribution in [2.45, 2.75) is 44.4 Å². The molecule has 1 aromatic heterocycles. The Morgan fingerprint density at radius 1 is 1.16 bits per heavy atom. The number of carbonyl (C=O) groups is 1. The lowest BCUT2D eigenvalue weighted by molar-refractivity contribution is -0.137. The molecule has 1 saturated heterocycles. The number of benzene rings is 1. The number of thiol groups is 1. The minimum Gasteiger partial charge on any atom is -0.476 e. The van der Waals surface area contributed by atoms with Gasteiger partial charge in [-0.25, -0.2) is 9.97 Å². The molecule has 0 saturated carbocycles. The highest BCUT2D eigenvalue weighted by molar-refractivity contribution is 8.02. The number of hydrogen-bond donors (Lipinski definition) is 2. The second kappa shape index (κ2) is 11.0. The van der Waals surface area contributed by atoms with Crippen LogP contribution in [0.2, 0.25) is 0 Å². The summed E-state index contributed by atoms with van der Waals surface area (Å²) in [4.78, 5) is 24.0. The number of aliphatic hydroxyl groups excluding tert-OH is 1. The van der Waals surface area contributed by atoms with Gasteiger partial charge < -0.3 is 14.7 Å². The van der Waals surface area contributed by atoms with E-state index in [-0.39, 0.29) is 11.9 Å². The minimum atomic E-state index is -2.71. The molecule has 32 heavy (non-hydrogen) atoms. The van der Waals surface area contributed by atoms with Crippen molar-refractivity contribution < 1.29 is 18.8 Å². The normalized spacial score (nSPS) is 15.7. The molecule has 3 rings (SSSR count). The van der Waals surface area contributed by atoms with E-state index in [1.165, 1.54) is 0 Å². The highest BCUT2D eigenvalue weighted by Crippen LogP contribution is 2.24. The fourth-order valence-corrected chi connectivity index (χ4v) is 4.93. The summed E-state index contributed by atoms with van der Waals surface area (Å²) in [5, 5.41) is 9.27. The van der Waals surface area contributed by atoms with Crippen LogP contribution in [0, 0.1) is 11.8 Å². The average Bonchev–Trinajstić information content (AvgIpc) is 2.84. The van der Waals surface area contributed by atoms with E-state index in [0.717, 1.165) is 44.3 Å². The quantitative estimate of drug-likeness (QED) is 0.558. The Morgan fingerprint density at radius 2 is 1.81 bits per heavy atom. The molecule has 176 valence electrons. The largest absolute Gasteiger partial charge is 0.476 e. The topological polar surface area (TPSA) is 92.6 Å². The maximum absolute atomic E-state index is 12.5. The number of amides is 1. The van der Waals surface area contributed by atoms with Crippen molar-refractivity contribution in [3.05, 3.63) is 36.7 Å². The molecule has 0 spiro atoms. The molecule has 0 bridgehead atoms. The molecule has 0 aliphatic carbocycles. The predicted octanol–water partition coefficient (Wildman–Crippen LogP) is 3.15. The van der Waals surface area contributed by atoms with Gasteiger partial charge in [0, 0.05) is 29.5 Å². The Kier molecular flexibility index (Phi) is 8.37. The van der Waals surface area contributed by atoms with E-state index in [9.17, 15) is 14.1 Å². The van der Waals surface area contributed by atoms with Gasteiger partial charge >= 0.3 is 0 Å². The van der Waals surface area contributed by atoms with E-state index in [0.29, 0.717) is 34.9 Å². The molecule has 1 aliphatic heterocycles. The van der Waals surface area contributed by atoms with Crippen molar-refractivity contribution in [3.8, 4) is 17.1 Å². The van der Waals surface area contributed by atoms with Crippen molar-refractivity contribution in [1.29, 1.82) is 0 Å². The number of ether oxygens (including phenoxy) is 1. The molecule has 1 N–H and O–H groups in total. The van der Waals surface area contributed by atoms with Crippen LogP contribution in [0.3, 0.4) is 0 Å². The molecule has 0 unspecified atom stereocenters. The molecule has 1 amide bonds. The van der Waals surface area contributed by atoms with Gasteiger partial charge in [-0.2, -0.15) is 0 Å². The molecule has 0 radical (unpaired) electrons. The van der Waals surface area contributed by atoms with Gasteiger partial charge in [-0.15, -0.1) is 0 Å². The number of nitrogens with zero attached hydrogens (tertiary/aromatic N) is 3. The third-order valence-electron chi connectivity index (χ3n) is 6.34. The molecule has 1 aliphatic rings. The maximum atomic E-state index is 12.5. The van der Waals surface area contributed by atoms with Crippen LogP contribution in [0.4, 0.5) is 0 Å². The monoisotopic (exact) mass is 461 g/mol. The Bertz CT molecular complexity index is 921. The van der Waals surface area contributed by atoms with E-state index >= 15 is 0 Å². The zero-order valence-corrected chi connectivity index (χ0v) is 20.1. The van der Waals surface area contributed by atoms with Gasteiger partial charge in [-0.1, -0.05) is 35.9 Å². The first-order valence-electron chi connectivity index (χ1n) is 11.4. The summed E-state index contributed by atoms with van der Waals surface area (Å²) in [5.74, 6) is 0.993. The average molecular weight is 462 g/mol. The Labute approximate surface area is 191 Å². The Balaban J connectivity index is 1.50. The summed E-state index contributed by atoms with van der Waals surface area (Å²) in [6, 6.07) is 7.20. The number of aromatic nitrogens is 2. The lowest BCUT2D eigenvalue weighted by Crippen LogP contribution is -2.42. The molecule has 2 heterocycles. The number of hydrogen-bond acceptors (Lipinski definition) is 6. The highest BCUT2D eigenvalue weighted by atomic mass is 32.2. The van der Waals surface area contributed by atoms with Crippen molar-refractivity contribution in [2.75, 3.05) is 31.9 Å². The summed E-state index contributed by atoms with van der Waals surface area (Å²) in [6.07, 6.45) is 8.55. The molecule has 8 heteroatoms. The smallest absolute Gasteiger partial charge is 0.232 e. The van der Waals surface area contributed by atoms with E-state index in [2.05, 4.69) is 23.8 Å². The molecule has 1 fully saturated rings. The minimum absolute atomic E-state index is 0.147. The van der Waals surface area contributed by atoms with Gasteiger partial charge in [0.2, 0.25) is 11.8 Å². The second-order valence-electron chi connectivity index (χ2n) is 8.62. The van der Waals surface area contributed by atoms with Crippen LogP contribution in [-0.4, -0.2) is 62.0 Å². The molecular weight excluding hydrogens is 426 g/mol. The van der Waals surface area contributed by atoms with Gasteiger partial charge in [-0.05, 0) is 50.0 Å².